The summed E-state index contributed by atoms with van der Waals surface area (Å²) in [7, 11) is 1.43. The van der Waals surface area contributed by atoms with Crippen LogP contribution in [-0.2, 0) is 29.4 Å². The number of nitrogens with one attached hydrogen (secondary N) is 1. The van der Waals surface area contributed by atoms with Crippen molar-refractivity contribution in [2.75, 3.05) is 19.1 Å². The maximum Gasteiger partial charge on any atom is 0.305 e. The van der Waals surface area contributed by atoms with Crippen LogP contribution in [-0.4, -0.2) is 63.4 Å². The number of methoxy groups -OCH3 is 1. The molecular formula is C37H35N3O8. The summed E-state index contributed by atoms with van der Waals surface area (Å²) in [5, 5.41) is 21.4. The summed E-state index contributed by atoms with van der Waals surface area (Å²) < 4.78 is 5.32. The molecule has 0 aromatic heterocycles. The summed E-state index contributed by atoms with van der Waals surface area (Å²) in [5.41, 5.74) is 5.04. The third kappa shape index (κ3) is 4.59. The van der Waals surface area contributed by atoms with E-state index in [1.807, 2.05) is 55.5 Å². The van der Waals surface area contributed by atoms with E-state index < -0.39 is 64.6 Å². The normalized spacial score (nSPS) is 27.7. The van der Waals surface area contributed by atoms with Crippen LogP contribution in [0.4, 0.5) is 5.69 Å². The van der Waals surface area contributed by atoms with E-state index in [0.717, 1.165) is 21.0 Å². The first-order chi connectivity index (χ1) is 23.1. The Labute approximate surface area is 276 Å². The predicted octanol–water partition coefficient (Wildman–Crippen LogP) is 4.17. The molecule has 2 aliphatic heterocycles. The molecule has 2 heterocycles. The molecule has 6 unspecified atom stereocenters. The van der Waals surface area contributed by atoms with Crippen LogP contribution in [0.2, 0.25) is 0 Å². The standard InChI is InChI=1S/C37H35N3O8/c1-20-8-11-23(12-9-20)38-40-34(45)27-19-26-24(13-14-25-31(26)35(46)39(33(25)44)17-16-30(42)43)32(21-10-15-29(48-2)28(41)18-21)37(27,36(40)47)22-6-4-3-5-7-22/h3-13,15,18,25-27,31-32,38,41H,14,16-17,19H2,1-2H3,(H,42,43). The number of fused-ring (bicyclic) bond motifs is 4. The van der Waals surface area contributed by atoms with Gasteiger partial charge in [0.1, 0.15) is 0 Å². The number of likely N-dealkylation sites (tertiary alicyclic amines) is 1. The molecule has 7 rings (SSSR count). The van der Waals surface area contributed by atoms with Crippen LogP contribution in [0.5, 0.6) is 11.5 Å². The molecule has 0 spiro atoms. The van der Waals surface area contributed by atoms with Crippen molar-refractivity contribution in [3.05, 3.63) is 101 Å². The van der Waals surface area contributed by atoms with Gasteiger partial charge in [-0.05, 0) is 61.1 Å². The lowest BCUT2D eigenvalue weighted by Crippen LogP contribution is -2.53. The van der Waals surface area contributed by atoms with Gasteiger partial charge in [-0.1, -0.05) is 65.7 Å². The first-order valence-electron chi connectivity index (χ1n) is 16.0. The van der Waals surface area contributed by atoms with Crippen molar-refractivity contribution in [3.8, 4) is 11.5 Å². The molecule has 3 aromatic rings. The van der Waals surface area contributed by atoms with Crippen molar-refractivity contribution in [2.24, 2.45) is 23.7 Å². The van der Waals surface area contributed by atoms with Crippen LogP contribution >= 0.6 is 0 Å². The Kier molecular flexibility index (Phi) is 7.57. The quantitative estimate of drug-likeness (QED) is 0.241. The zero-order valence-electron chi connectivity index (χ0n) is 26.5. The molecule has 11 nitrogen and oxygen atoms in total. The summed E-state index contributed by atoms with van der Waals surface area (Å²) in [6.07, 6.45) is 1.87. The summed E-state index contributed by atoms with van der Waals surface area (Å²) in [6.45, 7) is 1.70. The fraction of sp³-hybridized carbons (Fsp3) is 0.324. The number of amides is 4. The maximum absolute atomic E-state index is 15.1. The van der Waals surface area contributed by atoms with E-state index >= 15 is 4.79 Å². The minimum Gasteiger partial charge on any atom is -0.504 e. The molecule has 2 aliphatic carbocycles. The fourth-order valence-electron chi connectivity index (χ4n) is 8.50. The first-order valence-corrected chi connectivity index (χ1v) is 16.0. The van der Waals surface area contributed by atoms with Gasteiger partial charge in [0.25, 0.3) is 11.8 Å². The fourth-order valence-corrected chi connectivity index (χ4v) is 8.50. The lowest BCUT2D eigenvalue weighted by atomic mass is 9.49. The first kappa shape index (κ1) is 31.2. The largest absolute Gasteiger partial charge is 0.504 e. The van der Waals surface area contributed by atoms with Gasteiger partial charge in [-0.2, -0.15) is 5.01 Å². The van der Waals surface area contributed by atoms with Gasteiger partial charge in [0.15, 0.2) is 11.5 Å². The lowest BCUT2D eigenvalue weighted by Gasteiger charge is -2.50. The monoisotopic (exact) mass is 649 g/mol. The number of phenolic OH excluding ortho intramolecular Hbond substituents is 1. The van der Waals surface area contributed by atoms with E-state index in [2.05, 4.69) is 5.43 Å². The van der Waals surface area contributed by atoms with Crippen LogP contribution in [0.1, 0.15) is 41.9 Å². The second kappa shape index (κ2) is 11.7. The molecule has 3 N–H and O–H groups in total. The van der Waals surface area contributed by atoms with E-state index in [1.54, 1.807) is 24.3 Å². The number of hydrazine groups is 1. The Balaban J connectivity index is 1.42. The highest BCUT2D eigenvalue weighted by Gasteiger charge is 2.70. The average molecular weight is 650 g/mol. The number of hydrogen-bond donors (Lipinski definition) is 3. The van der Waals surface area contributed by atoms with Gasteiger partial charge in [-0.15, -0.1) is 0 Å². The highest BCUT2D eigenvalue weighted by molar-refractivity contribution is 6.13. The Morgan fingerprint density at radius 2 is 1.69 bits per heavy atom. The van der Waals surface area contributed by atoms with Gasteiger partial charge in [-0.25, -0.2) is 0 Å². The topological polar surface area (TPSA) is 154 Å². The van der Waals surface area contributed by atoms with E-state index in [0.29, 0.717) is 16.8 Å². The molecule has 6 atom stereocenters. The molecule has 48 heavy (non-hydrogen) atoms. The van der Waals surface area contributed by atoms with Crippen molar-refractivity contribution >= 4 is 35.3 Å². The number of carboxylic acid groups (broad SMARTS) is 1. The van der Waals surface area contributed by atoms with Crippen molar-refractivity contribution in [1.29, 1.82) is 0 Å². The van der Waals surface area contributed by atoms with Crippen molar-refractivity contribution in [1.82, 2.24) is 9.91 Å². The number of allylic oxidation sites excluding steroid dienone is 2. The number of benzene rings is 3. The van der Waals surface area contributed by atoms with Gasteiger partial charge >= 0.3 is 5.97 Å². The number of carbonyl (C=O) groups excluding carboxylic acids is 4. The number of nitrogens with zero attached hydrogens (tertiary/aromatic N) is 2. The number of aliphatic carboxylic acids is 1. The molecular weight excluding hydrogens is 614 g/mol. The number of anilines is 1. The number of ether oxygens (including phenoxy) is 1. The average Bonchev–Trinajstić information content (AvgIpc) is 3.45. The Bertz CT molecular complexity index is 1870. The molecule has 246 valence electrons. The van der Waals surface area contributed by atoms with Crippen LogP contribution < -0.4 is 10.2 Å². The van der Waals surface area contributed by atoms with Crippen LogP contribution in [0.15, 0.2) is 84.4 Å². The van der Waals surface area contributed by atoms with E-state index in [4.69, 9.17) is 4.74 Å². The molecule has 11 heteroatoms. The van der Waals surface area contributed by atoms with Gasteiger partial charge in [0, 0.05) is 12.5 Å². The van der Waals surface area contributed by atoms with Crippen LogP contribution in [0.3, 0.4) is 0 Å². The number of carboxylic acids is 1. The van der Waals surface area contributed by atoms with Gasteiger partial charge in [0.2, 0.25) is 11.8 Å². The van der Waals surface area contributed by atoms with Crippen LogP contribution in [0.25, 0.3) is 0 Å². The number of hydrogen-bond acceptors (Lipinski definition) is 8. The summed E-state index contributed by atoms with van der Waals surface area (Å²) in [5.74, 6) is -6.73. The lowest BCUT2D eigenvalue weighted by molar-refractivity contribution is -0.143. The third-order valence-electron chi connectivity index (χ3n) is 10.6. The molecule has 3 aromatic carbocycles. The Morgan fingerprint density at radius 1 is 0.958 bits per heavy atom. The molecule has 4 amide bonds. The second-order valence-electron chi connectivity index (χ2n) is 13.0. The molecule has 1 saturated carbocycles. The summed E-state index contributed by atoms with van der Waals surface area (Å²) >= 11 is 0. The highest BCUT2D eigenvalue weighted by atomic mass is 16.5. The number of phenols is 1. The number of aromatic hydroxyl groups is 1. The van der Waals surface area contributed by atoms with Crippen molar-refractivity contribution in [3.63, 3.8) is 0 Å². The second-order valence-corrected chi connectivity index (χ2v) is 13.0. The number of aryl methyl sites for hydroxylation is 1. The van der Waals surface area contributed by atoms with Crippen molar-refractivity contribution in [2.45, 2.75) is 37.5 Å². The van der Waals surface area contributed by atoms with Crippen LogP contribution in [0, 0.1) is 30.6 Å². The van der Waals surface area contributed by atoms with E-state index in [1.165, 1.54) is 13.2 Å². The summed E-state index contributed by atoms with van der Waals surface area (Å²) in [4.78, 5) is 69.6. The minimum atomic E-state index is -1.47. The van der Waals surface area contributed by atoms with Gasteiger partial charge in [0.05, 0.1) is 42.4 Å². The minimum absolute atomic E-state index is 0.114. The molecule has 4 aliphatic rings. The summed E-state index contributed by atoms with van der Waals surface area (Å²) in [6, 6.07) is 21.3. The molecule has 3 fully saturated rings. The third-order valence-corrected chi connectivity index (χ3v) is 10.6. The Hall–Kier alpha value is -5.45. The van der Waals surface area contributed by atoms with E-state index in [9.17, 15) is 29.4 Å². The Morgan fingerprint density at radius 3 is 2.35 bits per heavy atom. The maximum atomic E-state index is 15.1. The number of rotatable bonds is 8. The molecule has 0 radical (unpaired) electrons. The highest BCUT2D eigenvalue weighted by Crippen LogP contribution is 2.64. The van der Waals surface area contributed by atoms with Gasteiger partial charge < -0.3 is 14.9 Å². The SMILES string of the molecule is COc1ccc(C2C3=CCC4C(=O)N(CCC(=O)O)C(=O)C4C3CC3C(=O)N(Nc4ccc(C)cc4)C(=O)C32c2ccccc2)cc1O. The zero-order chi connectivity index (χ0) is 33.9. The number of carbonyl (C=O) groups is 5. The zero-order valence-corrected chi connectivity index (χ0v) is 26.5. The van der Waals surface area contributed by atoms with Gasteiger partial charge in [-0.3, -0.25) is 34.3 Å². The van der Waals surface area contributed by atoms with E-state index in [-0.39, 0.29) is 37.3 Å². The predicted molar refractivity (Wildman–Crippen MR) is 172 cm³/mol. The smallest absolute Gasteiger partial charge is 0.305 e. The molecule has 2 saturated heterocycles. The van der Waals surface area contributed by atoms with Crippen molar-refractivity contribution < 1.29 is 38.9 Å². The number of imide groups is 2. The molecule has 0 bridgehead atoms.